The van der Waals surface area contributed by atoms with Gasteiger partial charge in [0.25, 0.3) is 5.91 Å². The lowest BCUT2D eigenvalue weighted by atomic mass is 10.2. The van der Waals surface area contributed by atoms with E-state index < -0.39 is 11.8 Å². The summed E-state index contributed by atoms with van der Waals surface area (Å²) in [6, 6.07) is 10.4. The summed E-state index contributed by atoms with van der Waals surface area (Å²) in [5, 5.41) is 13.4. The molecular weight excluding hydrogens is 351 g/mol. The van der Waals surface area contributed by atoms with Crippen molar-refractivity contribution in [3.8, 4) is 0 Å². The Hall–Kier alpha value is -3.49. The zero-order valence-electron chi connectivity index (χ0n) is 14.9. The monoisotopic (exact) mass is 370 g/mol. The Morgan fingerprint density at radius 3 is 2.74 bits per heavy atom. The van der Waals surface area contributed by atoms with E-state index in [9.17, 15) is 14.0 Å². The molecule has 1 aromatic heterocycles. The number of nitrogens with one attached hydrogen (secondary N) is 2. The lowest BCUT2D eigenvalue weighted by Crippen LogP contribution is -2.31. The largest absolute Gasteiger partial charge is 0.345 e. The van der Waals surface area contributed by atoms with Gasteiger partial charge in [-0.25, -0.2) is 13.9 Å². The van der Waals surface area contributed by atoms with E-state index in [4.69, 9.17) is 0 Å². The van der Waals surface area contributed by atoms with E-state index in [1.54, 1.807) is 43.0 Å². The fraction of sp³-hybridized carbons (Fsp3) is 0.222. The van der Waals surface area contributed by atoms with Crippen LogP contribution in [0.2, 0.25) is 0 Å². The molecule has 3 rings (SSSR count). The van der Waals surface area contributed by atoms with Crippen molar-refractivity contribution in [1.29, 1.82) is 0 Å². The average molecular weight is 370 g/mol. The van der Waals surface area contributed by atoms with Crippen LogP contribution in [0, 0.1) is 5.82 Å². The molecule has 27 heavy (non-hydrogen) atoms. The third-order valence-corrected chi connectivity index (χ3v) is 3.86. The van der Waals surface area contributed by atoms with Gasteiger partial charge < -0.3 is 15.5 Å². The van der Waals surface area contributed by atoms with Gasteiger partial charge in [-0.1, -0.05) is 11.3 Å². The second-order valence-electron chi connectivity index (χ2n) is 6.11. The Kier molecular flexibility index (Phi) is 5.30. The molecule has 3 amide bonds. The molecule has 3 aromatic rings. The van der Waals surface area contributed by atoms with Crippen LogP contribution in [0.4, 0.5) is 14.9 Å². The van der Waals surface area contributed by atoms with Crippen molar-refractivity contribution in [1.82, 2.24) is 25.2 Å². The number of amides is 3. The Bertz CT molecular complexity index is 985. The van der Waals surface area contributed by atoms with Gasteiger partial charge in [0, 0.05) is 31.9 Å². The SMILES string of the molecule is CN(C)C(=O)c1ccc2c(c1)nnn2CCNC(=O)Nc1cccc(F)c1. The number of rotatable bonds is 5. The Morgan fingerprint density at radius 2 is 2.00 bits per heavy atom. The van der Waals surface area contributed by atoms with Gasteiger partial charge in [0.05, 0.1) is 12.1 Å². The molecule has 0 fully saturated rings. The van der Waals surface area contributed by atoms with Crippen molar-refractivity contribution >= 4 is 28.7 Å². The van der Waals surface area contributed by atoms with E-state index in [0.717, 1.165) is 5.52 Å². The summed E-state index contributed by atoms with van der Waals surface area (Å²) in [7, 11) is 3.37. The summed E-state index contributed by atoms with van der Waals surface area (Å²) >= 11 is 0. The molecule has 0 saturated carbocycles. The van der Waals surface area contributed by atoms with Crippen LogP contribution in [0.5, 0.6) is 0 Å². The van der Waals surface area contributed by atoms with E-state index in [0.29, 0.717) is 29.9 Å². The lowest BCUT2D eigenvalue weighted by Gasteiger charge is -2.10. The molecule has 0 radical (unpaired) electrons. The highest BCUT2D eigenvalue weighted by atomic mass is 19.1. The van der Waals surface area contributed by atoms with Gasteiger partial charge in [0.2, 0.25) is 0 Å². The zero-order valence-corrected chi connectivity index (χ0v) is 14.9. The predicted octanol–water partition coefficient (Wildman–Crippen LogP) is 2.09. The molecule has 8 nitrogen and oxygen atoms in total. The molecule has 0 bridgehead atoms. The maximum atomic E-state index is 13.1. The van der Waals surface area contributed by atoms with Crippen LogP contribution >= 0.6 is 0 Å². The molecule has 0 atom stereocenters. The first-order valence-corrected chi connectivity index (χ1v) is 8.29. The summed E-state index contributed by atoms with van der Waals surface area (Å²) in [5.41, 5.74) is 2.27. The number of hydrogen-bond acceptors (Lipinski definition) is 4. The highest BCUT2D eigenvalue weighted by Gasteiger charge is 2.12. The average Bonchev–Trinajstić information content (AvgIpc) is 3.03. The Labute approximate surface area is 155 Å². The van der Waals surface area contributed by atoms with Crippen molar-refractivity contribution in [2.75, 3.05) is 26.0 Å². The van der Waals surface area contributed by atoms with Crippen LogP contribution in [0.1, 0.15) is 10.4 Å². The standard InChI is InChI=1S/C18H19FN6O2/c1-24(2)17(26)12-6-7-16-15(10-12)22-23-25(16)9-8-20-18(27)21-14-5-3-4-13(19)11-14/h3-7,10-11H,8-9H2,1-2H3,(H2,20,21,27). The van der Waals surface area contributed by atoms with E-state index in [1.807, 2.05) is 0 Å². The summed E-state index contributed by atoms with van der Waals surface area (Å²) < 4.78 is 14.8. The number of carbonyl (C=O) groups is 2. The smallest absolute Gasteiger partial charge is 0.319 e. The second-order valence-corrected chi connectivity index (χ2v) is 6.11. The summed E-state index contributed by atoms with van der Waals surface area (Å²) in [5.74, 6) is -0.531. The molecule has 9 heteroatoms. The van der Waals surface area contributed by atoms with Crippen LogP contribution in [0.25, 0.3) is 11.0 Å². The number of hydrogen-bond donors (Lipinski definition) is 2. The minimum atomic E-state index is -0.441. The van der Waals surface area contributed by atoms with Crippen LogP contribution < -0.4 is 10.6 Å². The highest BCUT2D eigenvalue weighted by molar-refractivity contribution is 5.97. The normalized spacial score (nSPS) is 10.6. The molecule has 0 aliphatic rings. The summed E-state index contributed by atoms with van der Waals surface area (Å²) in [6.07, 6.45) is 0. The minimum Gasteiger partial charge on any atom is -0.345 e. The quantitative estimate of drug-likeness (QED) is 0.719. The third-order valence-electron chi connectivity index (χ3n) is 3.86. The van der Waals surface area contributed by atoms with Gasteiger partial charge in [0.1, 0.15) is 11.3 Å². The van der Waals surface area contributed by atoms with Gasteiger partial charge in [-0.2, -0.15) is 0 Å². The zero-order chi connectivity index (χ0) is 19.4. The number of aromatic nitrogens is 3. The fourth-order valence-electron chi connectivity index (χ4n) is 2.55. The highest BCUT2D eigenvalue weighted by Crippen LogP contribution is 2.14. The minimum absolute atomic E-state index is 0.109. The molecular formula is C18H19FN6O2. The van der Waals surface area contributed by atoms with Gasteiger partial charge in [-0.3, -0.25) is 4.79 Å². The maximum Gasteiger partial charge on any atom is 0.319 e. The first-order valence-electron chi connectivity index (χ1n) is 8.29. The number of fused-ring (bicyclic) bond motifs is 1. The summed E-state index contributed by atoms with van der Waals surface area (Å²) in [6.45, 7) is 0.700. The van der Waals surface area contributed by atoms with Gasteiger partial charge in [-0.15, -0.1) is 5.10 Å². The van der Waals surface area contributed by atoms with E-state index in [2.05, 4.69) is 20.9 Å². The first-order chi connectivity index (χ1) is 12.9. The molecule has 140 valence electrons. The van der Waals surface area contributed by atoms with Crippen molar-refractivity contribution in [2.45, 2.75) is 6.54 Å². The molecule has 0 aliphatic carbocycles. The molecule has 0 aliphatic heterocycles. The Balaban J connectivity index is 1.59. The second kappa shape index (κ2) is 7.81. The maximum absolute atomic E-state index is 13.1. The fourth-order valence-corrected chi connectivity index (χ4v) is 2.55. The third kappa shape index (κ3) is 4.38. The topological polar surface area (TPSA) is 92.2 Å². The number of benzene rings is 2. The van der Waals surface area contributed by atoms with Crippen LogP contribution in [0.3, 0.4) is 0 Å². The predicted molar refractivity (Wildman–Crippen MR) is 99.0 cm³/mol. The van der Waals surface area contributed by atoms with E-state index in [-0.39, 0.29) is 5.91 Å². The number of carbonyl (C=O) groups excluding carboxylic acids is 2. The Morgan fingerprint density at radius 1 is 1.19 bits per heavy atom. The molecule has 0 spiro atoms. The van der Waals surface area contributed by atoms with Gasteiger partial charge in [-0.05, 0) is 36.4 Å². The van der Waals surface area contributed by atoms with Crippen molar-refractivity contribution < 1.29 is 14.0 Å². The van der Waals surface area contributed by atoms with E-state index in [1.165, 1.54) is 23.1 Å². The van der Waals surface area contributed by atoms with Gasteiger partial charge in [0.15, 0.2) is 0 Å². The summed E-state index contributed by atoms with van der Waals surface area (Å²) in [4.78, 5) is 25.4. The molecule has 1 heterocycles. The number of anilines is 1. The van der Waals surface area contributed by atoms with E-state index >= 15 is 0 Å². The van der Waals surface area contributed by atoms with Gasteiger partial charge >= 0.3 is 6.03 Å². The van der Waals surface area contributed by atoms with Crippen LogP contribution in [-0.2, 0) is 6.54 Å². The lowest BCUT2D eigenvalue weighted by molar-refractivity contribution is 0.0827. The first kappa shape index (κ1) is 18.3. The number of urea groups is 1. The van der Waals surface area contributed by atoms with Crippen molar-refractivity contribution in [3.05, 3.63) is 53.8 Å². The van der Waals surface area contributed by atoms with Crippen LogP contribution in [-0.4, -0.2) is 52.5 Å². The van der Waals surface area contributed by atoms with Crippen molar-refractivity contribution in [2.24, 2.45) is 0 Å². The number of nitrogens with zero attached hydrogens (tertiary/aromatic N) is 4. The van der Waals surface area contributed by atoms with Crippen LogP contribution in [0.15, 0.2) is 42.5 Å². The molecule has 2 N–H and O–H groups in total. The molecule has 0 unspecified atom stereocenters. The molecule has 2 aromatic carbocycles. The number of halogens is 1. The molecule has 0 saturated heterocycles. The van der Waals surface area contributed by atoms with Crippen molar-refractivity contribution in [3.63, 3.8) is 0 Å².